The Bertz CT molecular complexity index is 440. The number of nitrogens with zero attached hydrogens (tertiary/aromatic N) is 2. The van der Waals surface area contributed by atoms with Crippen LogP contribution >= 0.6 is 0 Å². The van der Waals surface area contributed by atoms with Crippen molar-refractivity contribution >= 4 is 5.91 Å². The number of hydrogen-bond acceptors (Lipinski definition) is 3. The number of rotatable bonds is 2. The van der Waals surface area contributed by atoms with E-state index in [1.54, 1.807) is 0 Å². The molecule has 0 unspecified atom stereocenters. The van der Waals surface area contributed by atoms with Crippen molar-refractivity contribution in [2.24, 2.45) is 5.73 Å². The molecule has 1 aliphatic rings. The van der Waals surface area contributed by atoms with Crippen LogP contribution in [0.15, 0.2) is 12.3 Å². The molecule has 86 valence electrons. The topological polar surface area (TPSA) is 68.9 Å². The number of nitrogens with two attached hydrogens (primary N) is 1. The molecule has 0 saturated heterocycles. The van der Waals surface area contributed by atoms with Crippen LogP contribution in [0.3, 0.4) is 0 Å². The Balaban J connectivity index is 2.42. The molecule has 1 aromatic heterocycles. The zero-order valence-electron chi connectivity index (χ0n) is 8.08. The summed E-state index contributed by atoms with van der Waals surface area (Å²) >= 11 is 0. The van der Waals surface area contributed by atoms with Crippen molar-refractivity contribution in [3.63, 3.8) is 0 Å². The molecular formula is C9H8F3N3O. The molecule has 1 saturated carbocycles. The number of aromatic nitrogens is 2. The third-order valence-corrected chi connectivity index (χ3v) is 2.66. The first-order valence-electron chi connectivity index (χ1n) is 4.57. The SMILES string of the molecule is NC(=O)c1nccc(C2(C(F)(F)F)CC2)n1. The summed E-state index contributed by atoms with van der Waals surface area (Å²) in [6, 6.07) is 1.17. The van der Waals surface area contributed by atoms with E-state index in [0.29, 0.717) is 0 Å². The largest absolute Gasteiger partial charge is 0.399 e. The molecule has 0 bridgehead atoms. The van der Waals surface area contributed by atoms with E-state index >= 15 is 0 Å². The lowest BCUT2D eigenvalue weighted by molar-refractivity contribution is -0.161. The van der Waals surface area contributed by atoms with Crippen molar-refractivity contribution in [1.29, 1.82) is 0 Å². The highest BCUT2D eigenvalue weighted by atomic mass is 19.4. The number of primary amides is 1. The van der Waals surface area contributed by atoms with Crippen LogP contribution in [-0.2, 0) is 5.41 Å². The maximum absolute atomic E-state index is 12.7. The van der Waals surface area contributed by atoms with E-state index in [2.05, 4.69) is 9.97 Å². The maximum atomic E-state index is 12.7. The number of carbonyl (C=O) groups excluding carboxylic acids is 1. The van der Waals surface area contributed by atoms with Gasteiger partial charge in [-0.15, -0.1) is 0 Å². The molecule has 7 heteroatoms. The maximum Gasteiger partial charge on any atom is 0.399 e. The third-order valence-electron chi connectivity index (χ3n) is 2.66. The van der Waals surface area contributed by atoms with Gasteiger partial charge >= 0.3 is 6.18 Å². The van der Waals surface area contributed by atoms with Gasteiger partial charge < -0.3 is 5.73 Å². The van der Waals surface area contributed by atoms with Gasteiger partial charge in [0.1, 0.15) is 5.41 Å². The van der Waals surface area contributed by atoms with Gasteiger partial charge in [-0.05, 0) is 18.9 Å². The standard InChI is InChI=1S/C9H8F3N3O/c10-9(11,12)8(2-3-8)5-1-4-14-7(15-5)6(13)16/h1,4H,2-3H2,(H2,13,16). The minimum absolute atomic E-state index is 0.00822. The lowest BCUT2D eigenvalue weighted by Crippen LogP contribution is -2.30. The van der Waals surface area contributed by atoms with E-state index in [0.717, 1.165) is 6.20 Å². The number of halogens is 3. The first kappa shape index (κ1) is 10.8. The van der Waals surface area contributed by atoms with E-state index in [-0.39, 0.29) is 24.4 Å². The number of hydrogen-bond donors (Lipinski definition) is 1. The van der Waals surface area contributed by atoms with Gasteiger partial charge in [0.15, 0.2) is 0 Å². The van der Waals surface area contributed by atoms with E-state index in [1.165, 1.54) is 6.07 Å². The Morgan fingerprint density at radius 2 is 2.06 bits per heavy atom. The lowest BCUT2D eigenvalue weighted by atomic mass is 10.0. The summed E-state index contributed by atoms with van der Waals surface area (Å²) in [4.78, 5) is 17.8. The van der Waals surface area contributed by atoms with Gasteiger partial charge in [0.2, 0.25) is 5.82 Å². The summed E-state index contributed by atoms with van der Waals surface area (Å²) in [6.07, 6.45) is -3.25. The average Bonchev–Trinajstić information content (AvgIpc) is 2.97. The molecule has 1 heterocycles. The second kappa shape index (κ2) is 3.16. The summed E-state index contributed by atoms with van der Waals surface area (Å²) in [5.41, 5.74) is 2.83. The van der Waals surface area contributed by atoms with Crippen molar-refractivity contribution in [2.45, 2.75) is 24.4 Å². The molecule has 1 aliphatic carbocycles. The lowest BCUT2D eigenvalue weighted by Gasteiger charge is -2.18. The van der Waals surface area contributed by atoms with Crippen molar-refractivity contribution in [3.8, 4) is 0 Å². The van der Waals surface area contributed by atoms with E-state index in [4.69, 9.17) is 5.73 Å². The van der Waals surface area contributed by atoms with Crippen molar-refractivity contribution < 1.29 is 18.0 Å². The summed E-state index contributed by atoms with van der Waals surface area (Å²) in [5, 5.41) is 0. The Hall–Kier alpha value is -1.66. The van der Waals surface area contributed by atoms with Gasteiger partial charge in [-0.1, -0.05) is 0 Å². The Morgan fingerprint density at radius 1 is 1.44 bits per heavy atom. The fraction of sp³-hybridized carbons (Fsp3) is 0.444. The molecule has 4 nitrogen and oxygen atoms in total. The summed E-state index contributed by atoms with van der Waals surface area (Å²) in [6.45, 7) is 0. The fourth-order valence-electron chi connectivity index (χ4n) is 1.55. The normalized spacial score (nSPS) is 18.2. The van der Waals surface area contributed by atoms with Crippen molar-refractivity contribution in [2.75, 3.05) is 0 Å². The molecule has 0 radical (unpaired) electrons. The molecular weight excluding hydrogens is 223 g/mol. The van der Waals surface area contributed by atoms with E-state index < -0.39 is 17.5 Å². The quantitative estimate of drug-likeness (QED) is 0.830. The van der Waals surface area contributed by atoms with Gasteiger partial charge in [0.25, 0.3) is 5.91 Å². The molecule has 2 N–H and O–H groups in total. The Labute approximate surface area is 88.7 Å². The second-order valence-electron chi connectivity index (χ2n) is 3.71. The predicted molar refractivity (Wildman–Crippen MR) is 47.5 cm³/mol. The Kier molecular flexibility index (Phi) is 2.14. The summed E-state index contributed by atoms with van der Waals surface area (Å²) < 4.78 is 38.2. The van der Waals surface area contributed by atoms with Gasteiger partial charge in [0, 0.05) is 6.20 Å². The first-order valence-corrected chi connectivity index (χ1v) is 4.57. The van der Waals surface area contributed by atoms with Crippen LogP contribution in [0.4, 0.5) is 13.2 Å². The predicted octanol–water partition coefficient (Wildman–Crippen LogP) is 1.17. The van der Waals surface area contributed by atoms with Gasteiger partial charge in [0.05, 0.1) is 5.69 Å². The van der Waals surface area contributed by atoms with Crippen LogP contribution in [0.2, 0.25) is 0 Å². The van der Waals surface area contributed by atoms with Crippen LogP contribution in [0.1, 0.15) is 29.2 Å². The highest BCUT2D eigenvalue weighted by Gasteiger charge is 2.65. The molecule has 1 aromatic rings. The minimum atomic E-state index is -4.35. The number of amides is 1. The molecule has 0 aromatic carbocycles. The van der Waals surface area contributed by atoms with E-state index in [1.807, 2.05) is 0 Å². The molecule has 2 rings (SSSR count). The number of alkyl halides is 3. The molecule has 1 amide bonds. The fourth-order valence-corrected chi connectivity index (χ4v) is 1.55. The summed E-state index contributed by atoms with van der Waals surface area (Å²) in [5.74, 6) is -1.31. The Morgan fingerprint density at radius 3 is 2.50 bits per heavy atom. The highest BCUT2D eigenvalue weighted by Crippen LogP contribution is 2.58. The minimum Gasteiger partial charge on any atom is -0.363 e. The molecule has 0 atom stereocenters. The van der Waals surface area contributed by atoms with Gasteiger partial charge in [-0.3, -0.25) is 4.79 Å². The van der Waals surface area contributed by atoms with Crippen LogP contribution in [-0.4, -0.2) is 22.1 Å². The zero-order chi connectivity index (χ0) is 12.0. The molecule has 0 spiro atoms. The molecule has 0 aliphatic heterocycles. The monoisotopic (exact) mass is 231 g/mol. The number of carbonyl (C=O) groups is 1. The molecule has 16 heavy (non-hydrogen) atoms. The average molecular weight is 231 g/mol. The zero-order valence-corrected chi connectivity index (χ0v) is 8.08. The summed E-state index contributed by atoms with van der Waals surface area (Å²) in [7, 11) is 0. The smallest absolute Gasteiger partial charge is 0.363 e. The van der Waals surface area contributed by atoms with Crippen LogP contribution < -0.4 is 5.73 Å². The van der Waals surface area contributed by atoms with Crippen LogP contribution in [0.25, 0.3) is 0 Å². The second-order valence-corrected chi connectivity index (χ2v) is 3.71. The van der Waals surface area contributed by atoms with Crippen LogP contribution in [0, 0.1) is 0 Å². The highest BCUT2D eigenvalue weighted by molar-refractivity contribution is 5.88. The molecule has 1 fully saturated rings. The van der Waals surface area contributed by atoms with Crippen molar-refractivity contribution in [1.82, 2.24) is 9.97 Å². The van der Waals surface area contributed by atoms with Gasteiger partial charge in [-0.25, -0.2) is 9.97 Å². The first-order chi connectivity index (χ1) is 7.37. The van der Waals surface area contributed by atoms with Gasteiger partial charge in [-0.2, -0.15) is 13.2 Å². The third kappa shape index (κ3) is 1.52. The van der Waals surface area contributed by atoms with E-state index in [9.17, 15) is 18.0 Å². The van der Waals surface area contributed by atoms with Crippen LogP contribution in [0.5, 0.6) is 0 Å². The van der Waals surface area contributed by atoms with Crippen molar-refractivity contribution in [3.05, 3.63) is 23.8 Å².